The molecule has 2 aliphatic rings. The zero-order chi connectivity index (χ0) is 18.5. The van der Waals surface area contributed by atoms with Crippen molar-refractivity contribution in [3.63, 3.8) is 0 Å². The van der Waals surface area contributed by atoms with Crippen molar-refractivity contribution >= 4 is 5.91 Å². The van der Waals surface area contributed by atoms with Crippen molar-refractivity contribution in [2.45, 2.75) is 20.3 Å². The van der Waals surface area contributed by atoms with Crippen LogP contribution >= 0.6 is 0 Å². The number of carbonyl (C=O) groups is 1. The maximum absolute atomic E-state index is 13.2. The molecule has 2 atom stereocenters. The van der Waals surface area contributed by atoms with Crippen LogP contribution in [0.2, 0.25) is 0 Å². The molecule has 5 nitrogen and oxygen atoms in total. The molecule has 2 heterocycles. The van der Waals surface area contributed by atoms with Gasteiger partial charge in [-0.25, -0.2) is 4.68 Å². The zero-order valence-corrected chi connectivity index (χ0v) is 16.1. The van der Waals surface area contributed by atoms with Crippen LogP contribution in [0.4, 0.5) is 0 Å². The average Bonchev–Trinajstić information content (AvgIpc) is 3.20. The lowest BCUT2D eigenvalue weighted by Gasteiger charge is -2.57. The Labute approximate surface area is 155 Å². The van der Waals surface area contributed by atoms with Crippen LogP contribution in [0, 0.1) is 16.7 Å². The molecule has 1 aliphatic heterocycles. The molecule has 1 amide bonds. The Bertz CT molecular complexity index is 807. The summed E-state index contributed by atoms with van der Waals surface area (Å²) in [5, 5.41) is 4.27. The molecule has 5 heteroatoms. The van der Waals surface area contributed by atoms with E-state index in [2.05, 4.69) is 42.8 Å². The molecule has 0 radical (unpaired) electrons. The van der Waals surface area contributed by atoms with Gasteiger partial charge < -0.3 is 9.80 Å². The van der Waals surface area contributed by atoms with E-state index in [-0.39, 0.29) is 11.3 Å². The van der Waals surface area contributed by atoms with Crippen LogP contribution in [0.5, 0.6) is 0 Å². The van der Waals surface area contributed by atoms with Gasteiger partial charge in [-0.3, -0.25) is 4.79 Å². The molecule has 26 heavy (non-hydrogen) atoms. The van der Waals surface area contributed by atoms with Crippen molar-refractivity contribution in [1.29, 1.82) is 0 Å². The first-order chi connectivity index (χ1) is 12.3. The number of carbonyl (C=O) groups excluding carboxylic acids is 1. The number of aromatic nitrogens is 2. The molecule has 0 unspecified atom stereocenters. The van der Waals surface area contributed by atoms with Crippen LogP contribution < -0.4 is 0 Å². The van der Waals surface area contributed by atoms with E-state index < -0.39 is 0 Å². The Kier molecular flexibility index (Phi) is 3.95. The van der Waals surface area contributed by atoms with Crippen molar-refractivity contribution < 1.29 is 4.79 Å². The lowest BCUT2D eigenvalue weighted by atomic mass is 9.48. The summed E-state index contributed by atoms with van der Waals surface area (Å²) in [6, 6.07) is 9.67. The third-order valence-electron chi connectivity index (χ3n) is 6.18. The summed E-state index contributed by atoms with van der Waals surface area (Å²) < 4.78 is 1.79. The maximum Gasteiger partial charge on any atom is 0.253 e. The quantitative estimate of drug-likeness (QED) is 0.850. The van der Waals surface area contributed by atoms with E-state index in [4.69, 9.17) is 0 Å². The summed E-state index contributed by atoms with van der Waals surface area (Å²) in [5.41, 5.74) is 2.24. The summed E-state index contributed by atoms with van der Waals surface area (Å²) in [6.45, 7) is 7.48. The van der Waals surface area contributed by atoms with Gasteiger partial charge in [0, 0.05) is 43.0 Å². The predicted molar refractivity (Wildman–Crippen MR) is 102 cm³/mol. The maximum atomic E-state index is 13.2. The van der Waals surface area contributed by atoms with Crippen LogP contribution in [0.25, 0.3) is 5.69 Å². The molecule has 4 rings (SSSR count). The number of rotatable bonds is 4. The largest absolute Gasteiger partial charge is 0.338 e. The van der Waals surface area contributed by atoms with Gasteiger partial charge in [-0.05, 0) is 56.1 Å². The number of hydrogen-bond acceptors (Lipinski definition) is 3. The molecule has 0 bridgehead atoms. The summed E-state index contributed by atoms with van der Waals surface area (Å²) >= 11 is 0. The Balaban J connectivity index is 1.57. The monoisotopic (exact) mass is 352 g/mol. The minimum absolute atomic E-state index is 0.141. The molecule has 138 valence electrons. The molecule has 2 fully saturated rings. The van der Waals surface area contributed by atoms with Gasteiger partial charge >= 0.3 is 0 Å². The second-order valence-corrected chi connectivity index (χ2v) is 9.00. The number of amides is 1. The summed E-state index contributed by atoms with van der Waals surface area (Å²) in [4.78, 5) is 17.6. The van der Waals surface area contributed by atoms with Crippen molar-refractivity contribution in [3.8, 4) is 5.69 Å². The zero-order valence-electron chi connectivity index (χ0n) is 16.1. The Morgan fingerprint density at radius 1 is 1.31 bits per heavy atom. The number of likely N-dealkylation sites (tertiary alicyclic amines) is 1. The van der Waals surface area contributed by atoms with E-state index >= 15 is 0 Å². The minimum Gasteiger partial charge on any atom is -0.338 e. The first-order valence-corrected chi connectivity index (χ1v) is 9.35. The fourth-order valence-corrected chi connectivity index (χ4v) is 5.51. The van der Waals surface area contributed by atoms with Crippen molar-refractivity contribution in [2.75, 3.05) is 33.7 Å². The van der Waals surface area contributed by atoms with Crippen molar-refractivity contribution in [2.24, 2.45) is 16.7 Å². The van der Waals surface area contributed by atoms with Gasteiger partial charge in [0.05, 0.1) is 5.69 Å². The van der Waals surface area contributed by atoms with Crippen LogP contribution in [0.3, 0.4) is 0 Å². The molecule has 1 saturated carbocycles. The van der Waals surface area contributed by atoms with E-state index in [0.29, 0.717) is 11.3 Å². The van der Waals surface area contributed by atoms with Crippen LogP contribution in [0.15, 0.2) is 42.7 Å². The Morgan fingerprint density at radius 3 is 2.77 bits per heavy atom. The summed E-state index contributed by atoms with van der Waals surface area (Å²) in [6.07, 6.45) is 4.84. The fraction of sp³-hybridized carbons (Fsp3) is 0.524. The summed E-state index contributed by atoms with van der Waals surface area (Å²) in [7, 11) is 4.27. The average molecular weight is 352 g/mol. The van der Waals surface area contributed by atoms with Gasteiger partial charge in [-0.2, -0.15) is 5.10 Å². The van der Waals surface area contributed by atoms with E-state index in [9.17, 15) is 4.79 Å². The third-order valence-corrected chi connectivity index (χ3v) is 6.18. The Hall–Kier alpha value is -2.14. The molecular formula is C21H28N4O. The highest BCUT2D eigenvalue weighted by Gasteiger charge is 2.63. The number of fused-ring (bicyclic) bond motifs is 1. The molecule has 1 aromatic heterocycles. The minimum atomic E-state index is 0.141. The van der Waals surface area contributed by atoms with Crippen molar-refractivity contribution in [3.05, 3.63) is 48.3 Å². The van der Waals surface area contributed by atoms with E-state index in [1.165, 1.54) is 6.42 Å². The van der Waals surface area contributed by atoms with E-state index in [1.807, 2.05) is 36.5 Å². The molecule has 0 N–H and O–H groups in total. The smallest absolute Gasteiger partial charge is 0.253 e. The molecule has 2 aromatic rings. The second-order valence-electron chi connectivity index (χ2n) is 9.00. The first-order valence-electron chi connectivity index (χ1n) is 9.35. The number of benzene rings is 1. The van der Waals surface area contributed by atoms with Gasteiger partial charge in [0.25, 0.3) is 5.91 Å². The molecule has 1 aliphatic carbocycles. The number of hydrogen-bond donors (Lipinski definition) is 0. The third kappa shape index (κ3) is 2.75. The predicted octanol–water partition coefficient (Wildman–Crippen LogP) is 2.92. The van der Waals surface area contributed by atoms with Gasteiger partial charge in [0.1, 0.15) is 0 Å². The van der Waals surface area contributed by atoms with Gasteiger partial charge in [-0.15, -0.1) is 0 Å². The normalized spacial score (nSPS) is 26.7. The van der Waals surface area contributed by atoms with Crippen LogP contribution in [-0.4, -0.2) is 59.2 Å². The van der Waals surface area contributed by atoms with Crippen LogP contribution in [0.1, 0.15) is 30.6 Å². The highest BCUT2D eigenvalue weighted by Crippen LogP contribution is 2.62. The molecular weight excluding hydrogens is 324 g/mol. The number of nitrogens with zero attached hydrogens (tertiary/aromatic N) is 4. The topological polar surface area (TPSA) is 41.4 Å². The van der Waals surface area contributed by atoms with Crippen LogP contribution in [-0.2, 0) is 0 Å². The standard InChI is InChI=1S/C21H28N4O/c1-20(2)13-21(14-23(3)4)15-24(12-18(20)21)19(26)16-7-5-8-17(11-16)25-10-6-9-22-25/h5-11,18H,12-15H2,1-4H3/t18-,21+/m1/s1. The first kappa shape index (κ1) is 17.3. The van der Waals surface area contributed by atoms with E-state index in [1.54, 1.807) is 10.9 Å². The van der Waals surface area contributed by atoms with Gasteiger partial charge in [0.15, 0.2) is 0 Å². The molecule has 0 spiro atoms. The highest BCUT2D eigenvalue weighted by molar-refractivity contribution is 5.95. The lowest BCUT2D eigenvalue weighted by Crippen LogP contribution is -2.57. The molecule has 1 aromatic carbocycles. The SMILES string of the molecule is CN(C)C[C@@]12CN(C(=O)c3cccc(-n4cccn4)c3)C[C@@H]1C(C)(C)C2. The lowest BCUT2D eigenvalue weighted by molar-refractivity contribution is -0.0789. The van der Waals surface area contributed by atoms with Gasteiger partial charge in [0.2, 0.25) is 0 Å². The fourth-order valence-electron chi connectivity index (χ4n) is 5.51. The highest BCUT2D eigenvalue weighted by atomic mass is 16.2. The Morgan fingerprint density at radius 2 is 2.12 bits per heavy atom. The molecule has 1 saturated heterocycles. The van der Waals surface area contributed by atoms with E-state index in [0.717, 1.165) is 30.9 Å². The van der Waals surface area contributed by atoms with Gasteiger partial charge in [-0.1, -0.05) is 19.9 Å². The summed E-state index contributed by atoms with van der Waals surface area (Å²) in [5.74, 6) is 0.720. The van der Waals surface area contributed by atoms with Crippen molar-refractivity contribution in [1.82, 2.24) is 19.6 Å². The second kappa shape index (κ2) is 5.95.